The summed E-state index contributed by atoms with van der Waals surface area (Å²) in [5.41, 5.74) is 1.00. The van der Waals surface area contributed by atoms with Crippen molar-refractivity contribution in [1.82, 2.24) is 5.16 Å². The SMILES string of the molecule is Cc1onc(-c2c(Cl)cccc2Cl)c1C(=O)OC(C)C. The lowest BCUT2D eigenvalue weighted by molar-refractivity contribution is 0.0377. The molecule has 0 aliphatic carbocycles. The minimum absolute atomic E-state index is 0.244. The zero-order chi connectivity index (χ0) is 14.9. The molecule has 106 valence electrons. The van der Waals surface area contributed by atoms with Gasteiger partial charge in [-0.1, -0.05) is 34.4 Å². The minimum Gasteiger partial charge on any atom is -0.459 e. The van der Waals surface area contributed by atoms with E-state index in [1.807, 2.05) is 0 Å². The number of ether oxygens (including phenoxy) is 1. The molecule has 1 heterocycles. The number of carbonyl (C=O) groups excluding carboxylic acids is 1. The lowest BCUT2D eigenvalue weighted by atomic mass is 10.1. The highest BCUT2D eigenvalue weighted by Gasteiger charge is 2.26. The van der Waals surface area contributed by atoms with Crippen LogP contribution in [0.3, 0.4) is 0 Å². The lowest BCUT2D eigenvalue weighted by Gasteiger charge is -2.09. The van der Waals surface area contributed by atoms with Crippen LogP contribution >= 0.6 is 23.2 Å². The molecule has 0 spiro atoms. The third kappa shape index (κ3) is 2.81. The lowest BCUT2D eigenvalue weighted by Crippen LogP contribution is -2.13. The minimum atomic E-state index is -0.510. The normalized spacial score (nSPS) is 10.9. The topological polar surface area (TPSA) is 52.3 Å². The fourth-order valence-corrected chi connectivity index (χ4v) is 2.36. The Kier molecular flexibility index (Phi) is 4.35. The van der Waals surface area contributed by atoms with Crippen LogP contribution in [0.25, 0.3) is 11.3 Å². The van der Waals surface area contributed by atoms with Crippen molar-refractivity contribution in [3.05, 3.63) is 39.6 Å². The summed E-state index contributed by atoms with van der Waals surface area (Å²) in [4.78, 5) is 12.1. The predicted molar refractivity (Wildman–Crippen MR) is 77.2 cm³/mol. The molecule has 2 rings (SSSR count). The third-order valence-corrected chi connectivity index (χ3v) is 3.24. The first-order valence-corrected chi connectivity index (χ1v) is 6.79. The number of benzene rings is 1. The summed E-state index contributed by atoms with van der Waals surface area (Å²) in [6.07, 6.45) is -0.244. The molecule has 0 N–H and O–H groups in total. The molecule has 0 unspecified atom stereocenters. The molecule has 20 heavy (non-hydrogen) atoms. The Morgan fingerprint density at radius 3 is 2.45 bits per heavy atom. The summed E-state index contributed by atoms with van der Waals surface area (Å²) in [6, 6.07) is 5.06. The Morgan fingerprint density at radius 2 is 1.90 bits per heavy atom. The predicted octanol–water partition coefficient (Wildman–Crippen LogP) is 4.52. The summed E-state index contributed by atoms with van der Waals surface area (Å²) in [6.45, 7) is 5.17. The standard InChI is InChI=1S/C14H13Cl2NO3/c1-7(2)19-14(18)11-8(3)20-17-13(11)12-9(15)5-4-6-10(12)16/h4-7H,1-3H3. The van der Waals surface area contributed by atoms with Gasteiger partial charge in [0, 0.05) is 5.56 Å². The zero-order valence-electron chi connectivity index (χ0n) is 11.2. The van der Waals surface area contributed by atoms with Gasteiger partial charge in [-0.25, -0.2) is 4.79 Å². The number of hydrogen-bond acceptors (Lipinski definition) is 4. The van der Waals surface area contributed by atoms with Gasteiger partial charge in [0.15, 0.2) is 0 Å². The van der Waals surface area contributed by atoms with Crippen molar-refractivity contribution in [3.8, 4) is 11.3 Å². The molecule has 6 heteroatoms. The average Bonchev–Trinajstić information content (AvgIpc) is 2.70. The van der Waals surface area contributed by atoms with E-state index in [1.165, 1.54) is 0 Å². The Balaban J connectivity index is 2.57. The van der Waals surface area contributed by atoms with Crippen LogP contribution in [0.1, 0.15) is 30.0 Å². The van der Waals surface area contributed by atoms with Gasteiger partial charge in [-0.3, -0.25) is 0 Å². The van der Waals surface area contributed by atoms with Gasteiger partial charge < -0.3 is 9.26 Å². The van der Waals surface area contributed by atoms with E-state index in [2.05, 4.69) is 5.16 Å². The maximum atomic E-state index is 12.1. The van der Waals surface area contributed by atoms with Gasteiger partial charge in [0.2, 0.25) is 0 Å². The largest absolute Gasteiger partial charge is 0.459 e. The molecule has 0 fully saturated rings. The van der Waals surface area contributed by atoms with E-state index in [9.17, 15) is 4.79 Å². The van der Waals surface area contributed by atoms with E-state index >= 15 is 0 Å². The first-order valence-electron chi connectivity index (χ1n) is 6.03. The second-order valence-corrected chi connectivity index (χ2v) is 5.33. The van der Waals surface area contributed by atoms with E-state index in [0.29, 0.717) is 27.1 Å². The van der Waals surface area contributed by atoms with Gasteiger partial charge in [0.1, 0.15) is 17.0 Å². The monoisotopic (exact) mass is 313 g/mol. The zero-order valence-corrected chi connectivity index (χ0v) is 12.7. The second-order valence-electron chi connectivity index (χ2n) is 4.51. The quantitative estimate of drug-likeness (QED) is 0.782. The van der Waals surface area contributed by atoms with Crippen LogP contribution < -0.4 is 0 Å². The van der Waals surface area contributed by atoms with Crippen LogP contribution in [0.4, 0.5) is 0 Å². The van der Waals surface area contributed by atoms with Crippen molar-refractivity contribution in [2.75, 3.05) is 0 Å². The highest BCUT2D eigenvalue weighted by molar-refractivity contribution is 6.39. The Labute approximate surface area is 126 Å². The fourth-order valence-electron chi connectivity index (χ4n) is 1.78. The summed E-state index contributed by atoms with van der Waals surface area (Å²) >= 11 is 12.3. The molecule has 1 aromatic heterocycles. The van der Waals surface area contributed by atoms with Gasteiger partial charge in [-0.2, -0.15) is 0 Å². The second kappa shape index (κ2) is 5.85. The van der Waals surface area contributed by atoms with Crippen molar-refractivity contribution in [2.45, 2.75) is 26.9 Å². The van der Waals surface area contributed by atoms with Crippen LogP contribution in [-0.4, -0.2) is 17.2 Å². The number of aryl methyl sites for hydroxylation is 1. The highest BCUT2D eigenvalue weighted by atomic mass is 35.5. The van der Waals surface area contributed by atoms with E-state index in [4.69, 9.17) is 32.5 Å². The Hall–Kier alpha value is -1.52. The number of halogens is 2. The van der Waals surface area contributed by atoms with Crippen molar-refractivity contribution in [3.63, 3.8) is 0 Å². The van der Waals surface area contributed by atoms with E-state index < -0.39 is 5.97 Å². The number of nitrogens with zero attached hydrogens (tertiary/aromatic N) is 1. The molecule has 0 saturated heterocycles. The molecule has 0 amide bonds. The van der Waals surface area contributed by atoms with Gasteiger partial charge in [-0.15, -0.1) is 0 Å². The van der Waals surface area contributed by atoms with Gasteiger partial charge >= 0.3 is 5.97 Å². The maximum Gasteiger partial charge on any atom is 0.344 e. The van der Waals surface area contributed by atoms with Crippen molar-refractivity contribution < 1.29 is 14.1 Å². The van der Waals surface area contributed by atoms with Crippen LogP contribution in [0.5, 0.6) is 0 Å². The Morgan fingerprint density at radius 1 is 1.30 bits per heavy atom. The molecular weight excluding hydrogens is 301 g/mol. The molecule has 0 atom stereocenters. The third-order valence-electron chi connectivity index (χ3n) is 2.61. The van der Waals surface area contributed by atoms with Crippen molar-refractivity contribution >= 4 is 29.2 Å². The number of esters is 1. The average molecular weight is 314 g/mol. The number of rotatable bonds is 3. The maximum absolute atomic E-state index is 12.1. The molecular formula is C14H13Cl2NO3. The summed E-state index contributed by atoms with van der Waals surface area (Å²) in [7, 11) is 0. The highest BCUT2D eigenvalue weighted by Crippen LogP contribution is 2.36. The summed E-state index contributed by atoms with van der Waals surface area (Å²) in [5.74, 6) is -0.147. The Bertz CT molecular complexity index is 630. The molecule has 0 saturated carbocycles. The molecule has 0 radical (unpaired) electrons. The summed E-state index contributed by atoms with van der Waals surface area (Å²) < 4.78 is 10.3. The van der Waals surface area contributed by atoms with Crippen LogP contribution in [-0.2, 0) is 4.74 Å². The fraction of sp³-hybridized carbons (Fsp3) is 0.286. The van der Waals surface area contributed by atoms with Crippen LogP contribution in [0.2, 0.25) is 10.0 Å². The number of hydrogen-bond donors (Lipinski definition) is 0. The number of aromatic nitrogens is 1. The molecule has 1 aromatic carbocycles. The molecule has 0 aliphatic rings. The molecule has 2 aromatic rings. The summed E-state index contributed by atoms with van der Waals surface area (Å²) in [5, 5.41) is 4.68. The molecule has 0 aliphatic heterocycles. The first kappa shape index (κ1) is 14.9. The molecule has 0 bridgehead atoms. The van der Waals surface area contributed by atoms with E-state index in [1.54, 1.807) is 39.0 Å². The van der Waals surface area contributed by atoms with E-state index in [-0.39, 0.29) is 11.7 Å². The van der Waals surface area contributed by atoms with E-state index in [0.717, 1.165) is 0 Å². The van der Waals surface area contributed by atoms with Crippen LogP contribution in [0, 0.1) is 6.92 Å². The van der Waals surface area contributed by atoms with Gasteiger partial charge in [-0.05, 0) is 32.9 Å². The smallest absolute Gasteiger partial charge is 0.344 e. The number of carbonyl (C=O) groups is 1. The van der Waals surface area contributed by atoms with Gasteiger partial charge in [0.05, 0.1) is 16.1 Å². The van der Waals surface area contributed by atoms with Crippen molar-refractivity contribution in [2.24, 2.45) is 0 Å². The molecule has 4 nitrogen and oxygen atoms in total. The van der Waals surface area contributed by atoms with Gasteiger partial charge in [0.25, 0.3) is 0 Å². The van der Waals surface area contributed by atoms with Crippen molar-refractivity contribution in [1.29, 1.82) is 0 Å². The first-order chi connectivity index (χ1) is 9.41. The van der Waals surface area contributed by atoms with Crippen LogP contribution in [0.15, 0.2) is 22.7 Å².